The molecule has 0 atom stereocenters. The largest absolute Gasteiger partial charge is 0.237 e. The number of hydrogen-bond donors (Lipinski definition) is 0. The van der Waals surface area contributed by atoms with Crippen LogP contribution in [0.15, 0.2) is 0 Å². The monoisotopic (exact) mass is 266 g/mol. The minimum Gasteiger partial charge on any atom is -0.237 e. The summed E-state index contributed by atoms with van der Waals surface area (Å²) in [6.45, 7) is 4.15. The van der Waals surface area contributed by atoms with Crippen molar-refractivity contribution >= 4 is 11.6 Å². The van der Waals surface area contributed by atoms with Gasteiger partial charge in [-0.05, 0) is 26.2 Å². The van der Waals surface area contributed by atoms with Crippen molar-refractivity contribution in [3.05, 3.63) is 22.2 Å². The van der Waals surface area contributed by atoms with E-state index in [9.17, 15) is 0 Å². The molecule has 3 heteroatoms. The van der Waals surface area contributed by atoms with E-state index in [2.05, 4.69) is 11.9 Å². The molecule has 0 aliphatic heterocycles. The highest BCUT2D eigenvalue weighted by Crippen LogP contribution is 2.30. The quantitative estimate of drug-likeness (QED) is 0.717. The van der Waals surface area contributed by atoms with Gasteiger partial charge in [-0.2, -0.15) is 0 Å². The first-order chi connectivity index (χ1) is 8.72. The van der Waals surface area contributed by atoms with Crippen LogP contribution < -0.4 is 0 Å². The minimum absolute atomic E-state index is 0.522. The van der Waals surface area contributed by atoms with Crippen molar-refractivity contribution < 1.29 is 0 Å². The Morgan fingerprint density at radius 1 is 1.06 bits per heavy atom. The summed E-state index contributed by atoms with van der Waals surface area (Å²) in [4.78, 5) is 9.28. The van der Waals surface area contributed by atoms with Gasteiger partial charge in [-0.15, -0.1) is 0 Å². The van der Waals surface area contributed by atoms with Gasteiger partial charge >= 0.3 is 0 Å². The van der Waals surface area contributed by atoms with Gasteiger partial charge in [0.05, 0.1) is 0 Å². The fourth-order valence-corrected chi connectivity index (χ4v) is 2.99. The molecule has 1 aliphatic rings. The van der Waals surface area contributed by atoms with Crippen LogP contribution in [0, 0.1) is 6.92 Å². The molecular formula is C15H23ClN2. The maximum Gasteiger partial charge on any atom is 0.135 e. The predicted octanol–water partition coefficient (Wildman–Crippen LogP) is 4.83. The lowest BCUT2D eigenvalue weighted by atomic mass is 9.90. The maximum atomic E-state index is 6.24. The van der Waals surface area contributed by atoms with Crippen molar-refractivity contribution in [2.24, 2.45) is 0 Å². The van der Waals surface area contributed by atoms with Crippen LogP contribution in [0.5, 0.6) is 0 Å². The van der Waals surface area contributed by atoms with Gasteiger partial charge in [0.2, 0.25) is 0 Å². The molecule has 1 fully saturated rings. The lowest BCUT2D eigenvalue weighted by Crippen LogP contribution is -2.10. The second-order valence-electron chi connectivity index (χ2n) is 5.34. The number of nitrogens with zero attached hydrogens (tertiary/aromatic N) is 2. The topological polar surface area (TPSA) is 25.8 Å². The zero-order valence-electron chi connectivity index (χ0n) is 11.5. The Morgan fingerprint density at radius 2 is 1.67 bits per heavy atom. The standard InChI is InChI=1S/C15H23ClN2/c1-3-13-11(2)14(16)18-15(17-13)12-9-7-5-4-6-8-10-12/h12H,3-10H2,1-2H3. The number of hydrogen-bond acceptors (Lipinski definition) is 2. The molecular weight excluding hydrogens is 244 g/mol. The molecule has 0 spiro atoms. The summed E-state index contributed by atoms with van der Waals surface area (Å²) in [7, 11) is 0. The Bertz CT molecular complexity index is 396. The van der Waals surface area contributed by atoms with Crippen molar-refractivity contribution in [1.29, 1.82) is 0 Å². The van der Waals surface area contributed by atoms with Crippen molar-refractivity contribution in [2.45, 2.75) is 71.1 Å². The van der Waals surface area contributed by atoms with E-state index < -0.39 is 0 Å². The van der Waals surface area contributed by atoms with Gasteiger partial charge in [0, 0.05) is 17.2 Å². The summed E-state index contributed by atoms with van der Waals surface area (Å²) in [6, 6.07) is 0. The van der Waals surface area contributed by atoms with Crippen LogP contribution in [0.3, 0.4) is 0 Å². The molecule has 1 aromatic rings. The molecule has 2 nitrogen and oxygen atoms in total. The Hall–Kier alpha value is -0.630. The Kier molecular flexibility index (Phi) is 4.99. The molecule has 0 bridgehead atoms. The van der Waals surface area contributed by atoms with Crippen LogP contribution in [0.4, 0.5) is 0 Å². The molecule has 0 amide bonds. The number of halogens is 1. The first-order valence-corrected chi connectivity index (χ1v) is 7.63. The van der Waals surface area contributed by atoms with E-state index in [-0.39, 0.29) is 0 Å². The van der Waals surface area contributed by atoms with Crippen LogP contribution in [0.2, 0.25) is 5.15 Å². The van der Waals surface area contributed by atoms with E-state index in [4.69, 9.17) is 16.6 Å². The Labute approximate surface area is 115 Å². The van der Waals surface area contributed by atoms with E-state index in [0.29, 0.717) is 11.1 Å². The number of rotatable bonds is 2. The van der Waals surface area contributed by atoms with Crippen LogP contribution >= 0.6 is 11.6 Å². The third kappa shape index (κ3) is 3.23. The second-order valence-corrected chi connectivity index (χ2v) is 5.70. The van der Waals surface area contributed by atoms with E-state index >= 15 is 0 Å². The van der Waals surface area contributed by atoms with Gasteiger partial charge < -0.3 is 0 Å². The zero-order valence-corrected chi connectivity index (χ0v) is 12.3. The SMILES string of the molecule is CCc1nc(C2CCCCCCC2)nc(Cl)c1C. The van der Waals surface area contributed by atoms with Crippen molar-refractivity contribution in [1.82, 2.24) is 9.97 Å². The highest BCUT2D eigenvalue weighted by Gasteiger charge is 2.18. The van der Waals surface area contributed by atoms with Crippen LogP contribution in [-0.4, -0.2) is 9.97 Å². The molecule has 1 heterocycles. The fraction of sp³-hybridized carbons (Fsp3) is 0.733. The summed E-state index contributed by atoms with van der Waals surface area (Å²) in [6.07, 6.45) is 10.1. The van der Waals surface area contributed by atoms with Crippen molar-refractivity contribution in [2.75, 3.05) is 0 Å². The third-order valence-electron chi connectivity index (χ3n) is 4.01. The molecule has 1 saturated carbocycles. The fourth-order valence-electron chi connectivity index (χ4n) is 2.79. The van der Waals surface area contributed by atoms with Gasteiger partial charge in [-0.3, -0.25) is 0 Å². The highest BCUT2D eigenvalue weighted by atomic mass is 35.5. The summed E-state index contributed by atoms with van der Waals surface area (Å²) in [5, 5.41) is 0.652. The lowest BCUT2D eigenvalue weighted by molar-refractivity contribution is 0.441. The summed E-state index contributed by atoms with van der Waals surface area (Å²) in [5.74, 6) is 1.51. The normalized spacial score (nSPS) is 18.4. The number of aromatic nitrogens is 2. The first-order valence-electron chi connectivity index (χ1n) is 7.25. The molecule has 2 rings (SSSR count). The van der Waals surface area contributed by atoms with Crippen molar-refractivity contribution in [3.8, 4) is 0 Å². The van der Waals surface area contributed by atoms with Gasteiger partial charge in [-0.1, -0.05) is 50.6 Å². The van der Waals surface area contributed by atoms with E-state index in [0.717, 1.165) is 23.5 Å². The van der Waals surface area contributed by atoms with E-state index in [1.165, 1.54) is 44.9 Å². The summed E-state index contributed by atoms with van der Waals surface area (Å²) < 4.78 is 0. The van der Waals surface area contributed by atoms with Gasteiger partial charge in [0.1, 0.15) is 11.0 Å². The van der Waals surface area contributed by atoms with Gasteiger partial charge in [0.15, 0.2) is 0 Å². The molecule has 0 unspecified atom stereocenters. The lowest BCUT2D eigenvalue weighted by Gasteiger charge is -2.19. The van der Waals surface area contributed by atoms with Gasteiger partial charge in [-0.25, -0.2) is 9.97 Å². The van der Waals surface area contributed by atoms with E-state index in [1.54, 1.807) is 0 Å². The molecule has 1 aliphatic carbocycles. The molecule has 0 aromatic carbocycles. The van der Waals surface area contributed by atoms with Crippen molar-refractivity contribution in [3.63, 3.8) is 0 Å². The van der Waals surface area contributed by atoms with Gasteiger partial charge in [0.25, 0.3) is 0 Å². The van der Waals surface area contributed by atoms with Crippen LogP contribution in [-0.2, 0) is 6.42 Å². The predicted molar refractivity (Wildman–Crippen MR) is 76.2 cm³/mol. The first kappa shape index (κ1) is 13.8. The molecule has 1 aromatic heterocycles. The van der Waals surface area contributed by atoms with Crippen LogP contribution in [0.25, 0.3) is 0 Å². The number of aryl methyl sites for hydroxylation is 1. The molecule has 18 heavy (non-hydrogen) atoms. The summed E-state index contributed by atoms with van der Waals surface area (Å²) in [5.41, 5.74) is 2.17. The molecule has 100 valence electrons. The van der Waals surface area contributed by atoms with E-state index in [1.807, 2.05) is 6.92 Å². The minimum atomic E-state index is 0.522. The molecule has 0 radical (unpaired) electrons. The molecule has 0 saturated heterocycles. The highest BCUT2D eigenvalue weighted by molar-refractivity contribution is 6.30. The second kappa shape index (κ2) is 6.51. The Morgan fingerprint density at radius 3 is 2.28 bits per heavy atom. The zero-order chi connectivity index (χ0) is 13.0. The van der Waals surface area contributed by atoms with Crippen LogP contribution in [0.1, 0.15) is 74.9 Å². The average Bonchev–Trinajstić information content (AvgIpc) is 2.32. The average molecular weight is 267 g/mol. The summed E-state index contributed by atoms with van der Waals surface area (Å²) >= 11 is 6.24. The smallest absolute Gasteiger partial charge is 0.135 e. The molecule has 0 N–H and O–H groups in total. The maximum absolute atomic E-state index is 6.24. The Balaban J connectivity index is 2.22. The third-order valence-corrected chi connectivity index (χ3v) is 4.38.